The van der Waals surface area contributed by atoms with Gasteiger partial charge >= 0.3 is 0 Å². The lowest BCUT2D eigenvalue weighted by Gasteiger charge is -2.22. The Balaban J connectivity index is 1.82. The first kappa shape index (κ1) is 20.6. The molecule has 28 heavy (non-hydrogen) atoms. The van der Waals surface area contributed by atoms with Crippen LogP contribution in [-0.4, -0.2) is 31.7 Å². The Kier molecular flexibility index (Phi) is 6.20. The highest BCUT2D eigenvalue weighted by molar-refractivity contribution is 7.89. The van der Waals surface area contributed by atoms with Crippen molar-refractivity contribution in [1.29, 1.82) is 0 Å². The van der Waals surface area contributed by atoms with Crippen molar-refractivity contribution < 1.29 is 13.2 Å². The molecule has 150 valence electrons. The molecule has 1 unspecified atom stereocenters. The van der Waals surface area contributed by atoms with Gasteiger partial charge in [0.15, 0.2) is 0 Å². The molecule has 0 bridgehead atoms. The first-order valence-electron chi connectivity index (χ1n) is 9.79. The highest BCUT2D eigenvalue weighted by atomic mass is 32.2. The standard InChI is InChI=1S/C22H28N2O3S/c1-4-16(2)18-9-13-21(14-10-18)28(26,27)24(20-11-12-20)15-17-5-7-19(8-6-17)22(25)23-3/h5-10,13-14,16,20H,4,11-12,15H2,1-3H3,(H,23,25). The summed E-state index contributed by atoms with van der Waals surface area (Å²) in [5, 5.41) is 2.59. The van der Waals surface area contributed by atoms with Gasteiger partial charge in [0.1, 0.15) is 0 Å². The van der Waals surface area contributed by atoms with E-state index in [0.717, 1.165) is 30.4 Å². The third-order valence-corrected chi connectivity index (χ3v) is 7.32. The Morgan fingerprint density at radius 3 is 2.21 bits per heavy atom. The van der Waals surface area contributed by atoms with Gasteiger partial charge in [-0.05, 0) is 60.6 Å². The van der Waals surface area contributed by atoms with Crippen molar-refractivity contribution in [2.45, 2.75) is 56.5 Å². The molecule has 1 aliphatic carbocycles. The van der Waals surface area contributed by atoms with Gasteiger partial charge in [0.2, 0.25) is 10.0 Å². The molecular weight excluding hydrogens is 372 g/mol. The molecule has 1 fully saturated rings. The summed E-state index contributed by atoms with van der Waals surface area (Å²) in [4.78, 5) is 12.0. The van der Waals surface area contributed by atoms with Crippen LogP contribution in [0.4, 0.5) is 0 Å². The number of sulfonamides is 1. The minimum absolute atomic E-state index is 0.0536. The van der Waals surface area contributed by atoms with Crippen LogP contribution in [0.1, 0.15) is 60.5 Å². The molecule has 0 heterocycles. The number of amides is 1. The fraction of sp³-hybridized carbons (Fsp3) is 0.409. The predicted molar refractivity (Wildman–Crippen MR) is 111 cm³/mol. The quantitative estimate of drug-likeness (QED) is 0.730. The zero-order chi connectivity index (χ0) is 20.3. The number of carbonyl (C=O) groups is 1. The molecule has 6 heteroatoms. The van der Waals surface area contributed by atoms with Gasteiger partial charge in [-0.1, -0.05) is 38.1 Å². The normalized spacial score (nSPS) is 15.4. The van der Waals surface area contributed by atoms with Crippen LogP contribution in [0.25, 0.3) is 0 Å². The molecule has 1 N–H and O–H groups in total. The number of hydrogen-bond donors (Lipinski definition) is 1. The molecule has 0 radical (unpaired) electrons. The summed E-state index contributed by atoms with van der Waals surface area (Å²) >= 11 is 0. The molecule has 0 aromatic heterocycles. The molecule has 1 saturated carbocycles. The van der Waals surface area contributed by atoms with Crippen LogP contribution < -0.4 is 5.32 Å². The van der Waals surface area contributed by atoms with Gasteiger partial charge in [-0.15, -0.1) is 0 Å². The van der Waals surface area contributed by atoms with E-state index in [9.17, 15) is 13.2 Å². The molecule has 1 aliphatic rings. The molecule has 0 saturated heterocycles. The van der Waals surface area contributed by atoms with E-state index in [4.69, 9.17) is 0 Å². The molecular formula is C22H28N2O3S. The fourth-order valence-corrected chi connectivity index (χ4v) is 4.87. The highest BCUT2D eigenvalue weighted by Gasteiger charge is 2.38. The van der Waals surface area contributed by atoms with Crippen molar-refractivity contribution in [2.24, 2.45) is 0 Å². The summed E-state index contributed by atoms with van der Waals surface area (Å²) in [6.45, 7) is 4.58. The zero-order valence-corrected chi connectivity index (χ0v) is 17.5. The molecule has 0 aliphatic heterocycles. The largest absolute Gasteiger partial charge is 0.355 e. The summed E-state index contributed by atoms with van der Waals surface area (Å²) in [5.74, 6) is 0.259. The monoisotopic (exact) mass is 400 g/mol. The first-order chi connectivity index (χ1) is 13.4. The van der Waals surface area contributed by atoms with Crippen LogP contribution in [0.15, 0.2) is 53.4 Å². The summed E-state index contributed by atoms with van der Waals surface area (Å²) in [5.41, 5.74) is 2.59. The average molecular weight is 401 g/mol. The summed E-state index contributed by atoms with van der Waals surface area (Å²) < 4.78 is 28.1. The van der Waals surface area contributed by atoms with Gasteiger partial charge in [-0.3, -0.25) is 4.79 Å². The average Bonchev–Trinajstić information content (AvgIpc) is 3.56. The van der Waals surface area contributed by atoms with Crippen LogP contribution in [0.2, 0.25) is 0 Å². The number of rotatable bonds is 8. The second-order valence-corrected chi connectivity index (χ2v) is 9.33. The molecule has 3 rings (SSSR count). The van der Waals surface area contributed by atoms with Crippen molar-refractivity contribution in [1.82, 2.24) is 9.62 Å². The maximum atomic E-state index is 13.3. The number of carbonyl (C=O) groups excluding carboxylic acids is 1. The van der Waals surface area contributed by atoms with Crippen molar-refractivity contribution in [3.05, 3.63) is 65.2 Å². The number of benzene rings is 2. The predicted octanol–water partition coefficient (Wildman–Crippen LogP) is 3.91. The Morgan fingerprint density at radius 1 is 1.11 bits per heavy atom. The minimum atomic E-state index is -3.56. The van der Waals surface area contributed by atoms with E-state index in [2.05, 4.69) is 19.2 Å². The molecule has 1 atom stereocenters. The van der Waals surface area contributed by atoms with Crippen molar-refractivity contribution in [2.75, 3.05) is 7.05 Å². The zero-order valence-electron chi connectivity index (χ0n) is 16.7. The lowest BCUT2D eigenvalue weighted by Crippen LogP contribution is -2.32. The van der Waals surface area contributed by atoms with E-state index in [1.807, 2.05) is 24.3 Å². The molecule has 1 amide bonds. The topological polar surface area (TPSA) is 66.5 Å². The van der Waals surface area contributed by atoms with Crippen LogP contribution in [0.5, 0.6) is 0 Å². The Morgan fingerprint density at radius 2 is 1.71 bits per heavy atom. The SMILES string of the molecule is CCC(C)c1ccc(S(=O)(=O)N(Cc2ccc(C(=O)NC)cc2)C2CC2)cc1. The maximum absolute atomic E-state index is 13.3. The Hall–Kier alpha value is -2.18. The minimum Gasteiger partial charge on any atom is -0.355 e. The van der Waals surface area contributed by atoms with Gasteiger partial charge in [-0.25, -0.2) is 8.42 Å². The second-order valence-electron chi connectivity index (χ2n) is 7.44. The van der Waals surface area contributed by atoms with Gasteiger partial charge in [0.05, 0.1) is 4.90 Å². The van der Waals surface area contributed by atoms with Gasteiger partial charge < -0.3 is 5.32 Å². The maximum Gasteiger partial charge on any atom is 0.251 e. The van der Waals surface area contributed by atoms with Crippen LogP contribution in [0.3, 0.4) is 0 Å². The molecule has 2 aromatic carbocycles. The van der Waals surface area contributed by atoms with Crippen molar-refractivity contribution in [3.8, 4) is 0 Å². The lowest BCUT2D eigenvalue weighted by atomic mass is 9.99. The summed E-state index contributed by atoms with van der Waals surface area (Å²) in [6, 6.07) is 14.4. The summed E-state index contributed by atoms with van der Waals surface area (Å²) in [6.07, 6.45) is 2.80. The number of hydrogen-bond acceptors (Lipinski definition) is 3. The Bertz CT molecular complexity index is 917. The van der Waals surface area contributed by atoms with Crippen molar-refractivity contribution >= 4 is 15.9 Å². The van der Waals surface area contributed by atoms with E-state index in [1.54, 1.807) is 35.6 Å². The number of nitrogens with one attached hydrogen (secondary N) is 1. The highest BCUT2D eigenvalue weighted by Crippen LogP contribution is 2.34. The van der Waals surface area contributed by atoms with Gasteiger partial charge in [-0.2, -0.15) is 4.31 Å². The van der Waals surface area contributed by atoms with Crippen molar-refractivity contribution in [3.63, 3.8) is 0 Å². The van der Waals surface area contributed by atoms with Crippen LogP contribution in [-0.2, 0) is 16.6 Å². The van der Waals surface area contributed by atoms with E-state index in [-0.39, 0.29) is 11.9 Å². The third kappa shape index (κ3) is 4.45. The Labute approximate surface area is 167 Å². The lowest BCUT2D eigenvalue weighted by molar-refractivity contribution is 0.0963. The number of nitrogens with zero attached hydrogens (tertiary/aromatic N) is 1. The molecule has 5 nitrogen and oxygen atoms in total. The fourth-order valence-electron chi connectivity index (χ4n) is 3.20. The third-order valence-electron chi connectivity index (χ3n) is 5.40. The van der Waals surface area contributed by atoms with Gasteiger partial charge in [0, 0.05) is 25.2 Å². The second kappa shape index (κ2) is 8.45. The summed E-state index contributed by atoms with van der Waals surface area (Å²) in [7, 11) is -1.97. The first-order valence-corrected chi connectivity index (χ1v) is 11.2. The van der Waals surface area contributed by atoms with E-state index in [0.29, 0.717) is 22.9 Å². The van der Waals surface area contributed by atoms with E-state index >= 15 is 0 Å². The van der Waals surface area contributed by atoms with Gasteiger partial charge in [0.25, 0.3) is 5.91 Å². The smallest absolute Gasteiger partial charge is 0.251 e. The van der Waals surface area contributed by atoms with E-state index < -0.39 is 10.0 Å². The molecule has 2 aromatic rings. The van der Waals surface area contributed by atoms with Crippen LogP contribution >= 0.6 is 0 Å². The van der Waals surface area contributed by atoms with Crippen LogP contribution in [0, 0.1) is 0 Å². The molecule has 0 spiro atoms. The van der Waals surface area contributed by atoms with E-state index in [1.165, 1.54) is 0 Å².